The molecule has 0 saturated heterocycles. The summed E-state index contributed by atoms with van der Waals surface area (Å²) in [7, 11) is 1.85. The van der Waals surface area contributed by atoms with Gasteiger partial charge in [-0.3, -0.25) is 9.48 Å². The second-order valence-corrected chi connectivity index (χ2v) is 6.09. The Morgan fingerprint density at radius 3 is 2.84 bits per heavy atom. The van der Waals surface area contributed by atoms with Crippen molar-refractivity contribution < 1.29 is 4.79 Å². The van der Waals surface area contributed by atoms with E-state index in [4.69, 9.17) is 11.6 Å². The maximum absolute atomic E-state index is 12.3. The van der Waals surface area contributed by atoms with E-state index in [1.54, 1.807) is 4.68 Å². The summed E-state index contributed by atoms with van der Waals surface area (Å²) in [6.45, 7) is 0. The first-order chi connectivity index (χ1) is 9.15. The number of benzene rings is 1. The van der Waals surface area contributed by atoms with Crippen LogP contribution in [0.5, 0.6) is 0 Å². The van der Waals surface area contributed by atoms with Gasteiger partial charge in [0.2, 0.25) is 0 Å². The molecule has 0 radical (unpaired) electrons. The van der Waals surface area contributed by atoms with Crippen molar-refractivity contribution in [1.82, 2.24) is 9.78 Å². The Morgan fingerprint density at radius 2 is 2.11 bits per heavy atom. The van der Waals surface area contributed by atoms with Crippen LogP contribution < -0.4 is 0 Å². The van der Waals surface area contributed by atoms with E-state index < -0.39 is 0 Å². The molecule has 5 heteroatoms. The van der Waals surface area contributed by atoms with E-state index in [1.807, 2.05) is 43.4 Å². The topological polar surface area (TPSA) is 34.9 Å². The fourth-order valence-electron chi connectivity index (χ4n) is 2.11. The number of thiophene rings is 1. The van der Waals surface area contributed by atoms with Crippen LogP contribution >= 0.6 is 22.9 Å². The number of nitrogens with zero attached hydrogens (tertiary/aromatic N) is 2. The summed E-state index contributed by atoms with van der Waals surface area (Å²) in [4.78, 5) is 13.3. The summed E-state index contributed by atoms with van der Waals surface area (Å²) in [5, 5.41) is 5.23. The molecule has 96 valence electrons. The highest BCUT2D eigenvalue weighted by Crippen LogP contribution is 2.24. The standard InChI is InChI=1S/C14H11ClN2OS/c1-17-11-5-3-2-4-10(11)14(16-17)12(18)8-9-6-7-13(15)19-9/h2-7H,8H2,1H3. The lowest BCUT2D eigenvalue weighted by Gasteiger charge is -1.95. The van der Waals surface area contributed by atoms with Gasteiger partial charge < -0.3 is 0 Å². The predicted octanol–water partition coefficient (Wildman–Crippen LogP) is 3.71. The van der Waals surface area contributed by atoms with Crippen molar-refractivity contribution in [1.29, 1.82) is 0 Å². The highest BCUT2D eigenvalue weighted by atomic mass is 35.5. The number of fused-ring (bicyclic) bond motifs is 1. The lowest BCUT2D eigenvalue weighted by atomic mass is 10.1. The zero-order valence-corrected chi connectivity index (χ0v) is 11.8. The number of aryl methyl sites for hydroxylation is 1. The molecular formula is C14H11ClN2OS. The Hall–Kier alpha value is -1.65. The van der Waals surface area contributed by atoms with E-state index in [0.717, 1.165) is 15.8 Å². The number of carbonyl (C=O) groups is 1. The fourth-order valence-corrected chi connectivity index (χ4v) is 3.19. The van der Waals surface area contributed by atoms with Gasteiger partial charge in [-0.2, -0.15) is 5.10 Å². The van der Waals surface area contributed by atoms with E-state index >= 15 is 0 Å². The Kier molecular flexibility index (Phi) is 3.12. The third-order valence-corrected chi connectivity index (χ3v) is 4.22. The molecule has 0 aliphatic rings. The highest BCUT2D eigenvalue weighted by Gasteiger charge is 2.16. The van der Waals surface area contributed by atoms with Crippen LogP contribution in [0.4, 0.5) is 0 Å². The molecule has 2 heterocycles. The van der Waals surface area contributed by atoms with E-state index in [2.05, 4.69) is 5.10 Å². The SMILES string of the molecule is Cn1nc(C(=O)Cc2ccc(Cl)s2)c2ccccc21. The number of halogens is 1. The normalized spacial score (nSPS) is 11.1. The zero-order chi connectivity index (χ0) is 13.4. The molecule has 0 unspecified atom stereocenters. The Morgan fingerprint density at radius 1 is 1.32 bits per heavy atom. The molecule has 0 spiro atoms. The fraction of sp³-hybridized carbons (Fsp3) is 0.143. The van der Waals surface area contributed by atoms with Gasteiger partial charge in [0.1, 0.15) is 5.69 Å². The summed E-state index contributed by atoms with van der Waals surface area (Å²) < 4.78 is 2.44. The van der Waals surface area contributed by atoms with Crippen molar-refractivity contribution in [2.24, 2.45) is 7.05 Å². The first-order valence-corrected chi connectivity index (χ1v) is 7.04. The third kappa shape index (κ3) is 2.29. The molecule has 0 N–H and O–H groups in total. The number of aromatic nitrogens is 2. The molecule has 3 nitrogen and oxygen atoms in total. The number of Topliss-reactive ketones (excluding diaryl/α,β-unsaturated/α-hetero) is 1. The quantitative estimate of drug-likeness (QED) is 0.689. The van der Waals surface area contributed by atoms with E-state index in [1.165, 1.54) is 11.3 Å². The molecule has 2 aromatic heterocycles. The Bertz CT molecular complexity index is 760. The van der Waals surface area contributed by atoms with Crippen molar-refractivity contribution in [3.05, 3.63) is 51.3 Å². The van der Waals surface area contributed by atoms with Gasteiger partial charge in [0.25, 0.3) is 0 Å². The van der Waals surface area contributed by atoms with Crippen LogP contribution in [0.25, 0.3) is 10.9 Å². The molecule has 0 fully saturated rings. The number of ketones is 1. The molecule has 0 aliphatic carbocycles. The van der Waals surface area contributed by atoms with Crippen molar-refractivity contribution in [2.75, 3.05) is 0 Å². The number of para-hydroxylation sites is 1. The van der Waals surface area contributed by atoms with Crippen LogP contribution in [0.2, 0.25) is 4.34 Å². The molecule has 0 saturated carbocycles. The van der Waals surface area contributed by atoms with Crippen LogP contribution in [0.3, 0.4) is 0 Å². The maximum atomic E-state index is 12.3. The second kappa shape index (κ2) is 4.79. The van der Waals surface area contributed by atoms with E-state index in [9.17, 15) is 4.79 Å². The summed E-state index contributed by atoms with van der Waals surface area (Å²) in [6, 6.07) is 11.4. The number of hydrogen-bond donors (Lipinski definition) is 0. The molecule has 0 amide bonds. The van der Waals surface area contributed by atoms with Crippen LogP contribution in [0.15, 0.2) is 36.4 Å². The third-order valence-electron chi connectivity index (χ3n) is 2.99. The molecule has 3 rings (SSSR count). The van der Waals surface area contributed by atoms with E-state index in [-0.39, 0.29) is 5.78 Å². The molecule has 0 atom stereocenters. The van der Waals surface area contributed by atoms with Crippen molar-refractivity contribution in [3.8, 4) is 0 Å². The maximum Gasteiger partial charge on any atom is 0.188 e. The molecule has 19 heavy (non-hydrogen) atoms. The average molecular weight is 291 g/mol. The number of hydrogen-bond acceptors (Lipinski definition) is 3. The highest BCUT2D eigenvalue weighted by molar-refractivity contribution is 7.16. The van der Waals surface area contributed by atoms with Crippen LogP contribution in [-0.2, 0) is 13.5 Å². The largest absolute Gasteiger partial charge is 0.292 e. The van der Waals surface area contributed by atoms with Crippen LogP contribution in [-0.4, -0.2) is 15.6 Å². The lowest BCUT2D eigenvalue weighted by Crippen LogP contribution is -2.04. The molecule has 3 aromatic rings. The second-order valence-electron chi connectivity index (χ2n) is 4.30. The number of rotatable bonds is 3. The molecule has 1 aromatic carbocycles. The summed E-state index contributed by atoms with van der Waals surface area (Å²) in [5.41, 5.74) is 1.50. The minimum absolute atomic E-state index is 0.0234. The van der Waals surface area contributed by atoms with Crippen molar-refractivity contribution >= 4 is 39.6 Å². The van der Waals surface area contributed by atoms with Crippen molar-refractivity contribution in [3.63, 3.8) is 0 Å². The minimum atomic E-state index is 0.0234. The Labute approximate surface area is 119 Å². The first-order valence-electron chi connectivity index (χ1n) is 5.84. The number of carbonyl (C=O) groups excluding carboxylic acids is 1. The lowest BCUT2D eigenvalue weighted by molar-refractivity contribution is 0.0990. The minimum Gasteiger partial charge on any atom is -0.292 e. The summed E-state index contributed by atoms with van der Waals surface area (Å²) >= 11 is 7.31. The van der Waals surface area contributed by atoms with Gasteiger partial charge in [-0.1, -0.05) is 29.8 Å². The molecule has 0 aliphatic heterocycles. The van der Waals surface area contributed by atoms with Gasteiger partial charge >= 0.3 is 0 Å². The zero-order valence-electron chi connectivity index (χ0n) is 10.3. The van der Waals surface area contributed by atoms with Crippen LogP contribution in [0.1, 0.15) is 15.4 Å². The van der Waals surface area contributed by atoms with E-state index in [0.29, 0.717) is 16.5 Å². The van der Waals surface area contributed by atoms with Gasteiger partial charge in [0.15, 0.2) is 5.78 Å². The monoisotopic (exact) mass is 290 g/mol. The molecular weight excluding hydrogens is 280 g/mol. The molecule has 0 bridgehead atoms. The Balaban J connectivity index is 1.98. The van der Waals surface area contributed by atoms with Crippen molar-refractivity contribution in [2.45, 2.75) is 6.42 Å². The van der Waals surface area contributed by atoms with Gasteiger partial charge in [0.05, 0.1) is 9.85 Å². The smallest absolute Gasteiger partial charge is 0.188 e. The van der Waals surface area contributed by atoms with Gasteiger partial charge in [-0.25, -0.2) is 0 Å². The predicted molar refractivity (Wildman–Crippen MR) is 78.1 cm³/mol. The average Bonchev–Trinajstić information content (AvgIpc) is 2.95. The summed E-state index contributed by atoms with van der Waals surface area (Å²) in [6.07, 6.45) is 0.346. The van der Waals surface area contributed by atoms with Gasteiger partial charge in [-0.15, -0.1) is 11.3 Å². The van der Waals surface area contributed by atoms with Gasteiger partial charge in [0, 0.05) is 23.7 Å². The van der Waals surface area contributed by atoms with Gasteiger partial charge in [-0.05, 0) is 18.2 Å². The van der Waals surface area contributed by atoms with Crippen LogP contribution in [0, 0.1) is 0 Å². The first kappa shape index (κ1) is 12.4. The summed E-state index contributed by atoms with van der Waals surface area (Å²) in [5.74, 6) is 0.0234.